The molecule has 1 aliphatic rings. The highest BCUT2D eigenvalue weighted by Gasteiger charge is 2.17. The Hall–Kier alpha value is -9.24. The van der Waals surface area contributed by atoms with Crippen LogP contribution in [-0.4, -0.2) is 0 Å². The number of rotatable bonds is 10. The topological polar surface area (TPSA) is 16.4 Å². The van der Waals surface area contributed by atoms with E-state index in [9.17, 15) is 0 Å². The fourth-order valence-corrected chi connectivity index (χ4v) is 10.7. The molecule has 0 bridgehead atoms. The van der Waals surface area contributed by atoms with Crippen LogP contribution in [0.3, 0.4) is 0 Å². The summed E-state index contributed by atoms with van der Waals surface area (Å²) in [5.74, 6) is 0.509. The Morgan fingerprint density at radius 1 is 0.329 bits per heavy atom. The summed E-state index contributed by atoms with van der Waals surface area (Å²) in [7, 11) is 0. The van der Waals surface area contributed by atoms with Crippen molar-refractivity contribution in [3.05, 3.63) is 279 Å². The predicted octanol–water partition coefficient (Wildman–Crippen LogP) is 20.2. The maximum atomic E-state index is 6.17. The van der Waals surface area contributed by atoms with Crippen molar-refractivity contribution in [1.82, 2.24) is 0 Å². The summed E-state index contributed by atoms with van der Waals surface area (Å²) < 4.78 is 6.17. The molecule has 0 saturated heterocycles. The van der Waals surface area contributed by atoms with Crippen molar-refractivity contribution in [2.75, 3.05) is 4.90 Å². The minimum absolute atomic E-state index is 0.509. The first kappa shape index (κ1) is 43.8. The lowest BCUT2D eigenvalue weighted by Gasteiger charge is -2.26. The van der Waals surface area contributed by atoms with Crippen LogP contribution in [0.2, 0.25) is 0 Å². The molecule has 1 aliphatic carbocycles. The van der Waals surface area contributed by atoms with Crippen LogP contribution in [-0.2, 0) is 0 Å². The Labute approximate surface area is 427 Å². The van der Waals surface area contributed by atoms with E-state index in [4.69, 9.17) is 4.42 Å². The Bertz CT molecular complexity index is 4030. The first-order valence-electron chi connectivity index (χ1n) is 25.3. The van der Waals surface area contributed by atoms with E-state index in [2.05, 4.69) is 273 Å². The summed E-state index contributed by atoms with van der Waals surface area (Å²) >= 11 is 0. The van der Waals surface area contributed by atoms with E-state index >= 15 is 0 Å². The van der Waals surface area contributed by atoms with Gasteiger partial charge in [0.05, 0.1) is 0 Å². The van der Waals surface area contributed by atoms with E-state index in [0.717, 1.165) is 56.5 Å². The van der Waals surface area contributed by atoms with Crippen LogP contribution in [0.4, 0.5) is 17.1 Å². The molecule has 11 aromatic carbocycles. The highest BCUT2D eigenvalue weighted by Crippen LogP contribution is 2.41. The average Bonchev–Trinajstić information content (AvgIpc) is 3.84. The third kappa shape index (κ3) is 8.75. The van der Waals surface area contributed by atoms with Crippen LogP contribution in [0, 0.1) is 5.92 Å². The van der Waals surface area contributed by atoms with Crippen molar-refractivity contribution in [3.63, 3.8) is 0 Å². The van der Waals surface area contributed by atoms with Crippen molar-refractivity contribution in [1.29, 1.82) is 0 Å². The third-order valence-electron chi connectivity index (χ3n) is 14.6. The van der Waals surface area contributed by atoms with Gasteiger partial charge in [0.1, 0.15) is 11.2 Å². The maximum absolute atomic E-state index is 6.17. The average molecular weight is 934 g/mol. The fraction of sp³-hybridized carbons (Fsp3) is 0.0423. The molecule has 346 valence electrons. The summed E-state index contributed by atoms with van der Waals surface area (Å²) in [5, 5.41) is 4.77. The van der Waals surface area contributed by atoms with Crippen LogP contribution in [0.15, 0.2) is 277 Å². The van der Waals surface area contributed by atoms with E-state index in [0.29, 0.717) is 5.92 Å². The number of fused-ring (bicyclic) bond motifs is 4. The second kappa shape index (κ2) is 18.8. The van der Waals surface area contributed by atoms with E-state index in [-0.39, 0.29) is 0 Å². The van der Waals surface area contributed by atoms with Gasteiger partial charge in [-0.25, -0.2) is 0 Å². The van der Waals surface area contributed by atoms with Crippen molar-refractivity contribution in [2.45, 2.75) is 13.3 Å². The van der Waals surface area contributed by atoms with Crippen LogP contribution in [0.25, 0.3) is 105 Å². The molecule has 0 N–H and O–H groups in total. The van der Waals surface area contributed by atoms with Gasteiger partial charge in [-0.3, -0.25) is 0 Å². The number of anilines is 3. The van der Waals surface area contributed by atoms with Crippen LogP contribution < -0.4 is 4.90 Å². The number of nitrogens with zero attached hydrogens (tertiary/aromatic N) is 1. The summed E-state index contributed by atoms with van der Waals surface area (Å²) in [6.07, 6.45) is 8.07. The zero-order valence-corrected chi connectivity index (χ0v) is 40.6. The van der Waals surface area contributed by atoms with E-state index < -0.39 is 0 Å². The van der Waals surface area contributed by atoms with Crippen molar-refractivity contribution >= 4 is 55.3 Å². The molecule has 73 heavy (non-hydrogen) atoms. The maximum Gasteiger partial charge on any atom is 0.135 e. The van der Waals surface area contributed by atoms with Gasteiger partial charge in [0.25, 0.3) is 0 Å². The summed E-state index contributed by atoms with van der Waals surface area (Å²) in [6, 6.07) is 92.6. The monoisotopic (exact) mass is 933 g/mol. The molecule has 2 nitrogen and oxygen atoms in total. The zero-order valence-electron chi connectivity index (χ0n) is 40.6. The number of benzene rings is 11. The van der Waals surface area contributed by atoms with Crippen molar-refractivity contribution in [2.24, 2.45) is 5.92 Å². The smallest absolute Gasteiger partial charge is 0.135 e. The molecular weight excluding hydrogens is 883 g/mol. The van der Waals surface area contributed by atoms with Crippen LogP contribution in [0.1, 0.15) is 18.9 Å². The summed E-state index contributed by atoms with van der Waals surface area (Å²) in [5.41, 5.74) is 21.8. The molecule has 0 fully saturated rings. The molecule has 0 spiro atoms. The quantitative estimate of drug-likeness (QED) is 0.136. The van der Waals surface area contributed by atoms with Gasteiger partial charge in [0, 0.05) is 27.8 Å². The van der Waals surface area contributed by atoms with Gasteiger partial charge in [-0.15, -0.1) is 0 Å². The SMILES string of the molecule is CC1C=C(c2cc(-c3ccccc3)cc(-c3ccc(N(c4ccc(-c5ccc(-c6cccc(-c7ccc8ccccc8c7)c6)cc5)cc4)c4ccc(-c5ccc6oc7ccccc7c6c5)cc4)cc3)c2)C=CC1. The van der Waals surface area contributed by atoms with Gasteiger partial charge in [-0.2, -0.15) is 0 Å². The minimum atomic E-state index is 0.509. The molecule has 1 atom stereocenters. The number of hydrogen-bond acceptors (Lipinski definition) is 2. The zero-order chi connectivity index (χ0) is 48.7. The number of para-hydroxylation sites is 1. The lowest BCUT2D eigenvalue weighted by Crippen LogP contribution is -2.09. The summed E-state index contributed by atoms with van der Waals surface area (Å²) in [6.45, 7) is 2.30. The molecule has 0 radical (unpaired) electrons. The lowest BCUT2D eigenvalue weighted by atomic mass is 9.89. The lowest BCUT2D eigenvalue weighted by molar-refractivity contribution is 0.669. The molecule has 0 aliphatic heterocycles. The van der Waals surface area contributed by atoms with Gasteiger partial charge in [0.15, 0.2) is 0 Å². The standard InChI is InChI=1S/C71H51NO/c1-48-11-9-16-56(41-48)64-45-62(49-12-3-2-4-13-49)44-63(46-64)55-31-38-67(39-32-55)72(66-36-29-54(30-37-66)61-33-40-71-69(47-61)68-19-7-8-20-70(68)73-71)65-34-27-52(28-35-65)51-21-23-53(24-22-51)58-17-10-18-59(42-58)60-26-25-50-14-5-6-15-57(50)43-60/h2-10,12-48H,11H2,1H3. The van der Waals surface area contributed by atoms with E-state index in [1.165, 1.54) is 77.5 Å². The molecule has 13 rings (SSSR count). The highest BCUT2D eigenvalue weighted by molar-refractivity contribution is 6.06. The molecule has 1 heterocycles. The molecule has 12 aromatic rings. The van der Waals surface area contributed by atoms with E-state index in [1.807, 2.05) is 12.1 Å². The predicted molar refractivity (Wildman–Crippen MR) is 309 cm³/mol. The van der Waals surface area contributed by atoms with Crippen LogP contribution >= 0.6 is 0 Å². The molecule has 1 unspecified atom stereocenters. The van der Waals surface area contributed by atoms with Gasteiger partial charge in [0.2, 0.25) is 0 Å². The number of allylic oxidation sites excluding steroid dienone is 4. The summed E-state index contributed by atoms with van der Waals surface area (Å²) in [4.78, 5) is 2.36. The van der Waals surface area contributed by atoms with Crippen molar-refractivity contribution < 1.29 is 4.42 Å². The van der Waals surface area contributed by atoms with Crippen LogP contribution in [0.5, 0.6) is 0 Å². The molecular formula is C71H51NO. The van der Waals surface area contributed by atoms with Gasteiger partial charge < -0.3 is 9.32 Å². The van der Waals surface area contributed by atoms with Gasteiger partial charge in [-0.1, -0.05) is 195 Å². The number of furan rings is 1. The Kier molecular flexibility index (Phi) is 11.3. The fourth-order valence-electron chi connectivity index (χ4n) is 10.7. The Morgan fingerprint density at radius 3 is 1.42 bits per heavy atom. The molecule has 2 heteroatoms. The highest BCUT2D eigenvalue weighted by atomic mass is 16.3. The Morgan fingerprint density at radius 2 is 0.767 bits per heavy atom. The van der Waals surface area contributed by atoms with E-state index in [1.54, 1.807) is 0 Å². The first-order chi connectivity index (χ1) is 36.0. The van der Waals surface area contributed by atoms with Gasteiger partial charge in [-0.05, 0) is 186 Å². The minimum Gasteiger partial charge on any atom is -0.456 e. The molecule has 1 aromatic heterocycles. The Balaban J connectivity index is 0.831. The molecule has 0 amide bonds. The second-order valence-corrected chi connectivity index (χ2v) is 19.4. The van der Waals surface area contributed by atoms with Gasteiger partial charge >= 0.3 is 0 Å². The largest absolute Gasteiger partial charge is 0.456 e. The molecule has 0 saturated carbocycles. The number of hydrogen-bond donors (Lipinski definition) is 0. The third-order valence-corrected chi connectivity index (χ3v) is 14.6. The normalized spacial score (nSPS) is 13.4. The first-order valence-corrected chi connectivity index (χ1v) is 25.3. The second-order valence-electron chi connectivity index (χ2n) is 19.4. The van der Waals surface area contributed by atoms with Crippen molar-refractivity contribution in [3.8, 4) is 66.8 Å².